The van der Waals surface area contributed by atoms with Crippen LogP contribution in [0.15, 0.2) is 60.7 Å². The quantitative estimate of drug-likeness (QED) is 0.206. The smallest absolute Gasteiger partial charge is 0.174 e. The van der Waals surface area contributed by atoms with Gasteiger partial charge in [-0.3, -0.25) is 0 Å². The molecule has 0 bridgehead atoms. The number of rotatable bonds is 6. The highest BCUT2D eigenvalue weighted by atomic mass is 127. The molecule has 146 valence electrons. The normalized spacial score (nSPS) is 11.1. The topological polar surface area (TPSA) is 42.2 Å². The molecule has 29 heavy (non-hydrogen) atoms. The maximum absolute atomic E-state index is 13.4. The molecular formula is C23H16ClFINO2. The molecule has 3 aromatic rings. The van der Waals surface area contributed by atoms with E-state index in [9.17, 15) is 9.65 Å². The van der Waals surface area contributed by atoms with Crippen molar-refractivity contribution in [2.75, 3.05) is 7.11 Å². The molecule has 3 nitrogen and oxygen atoms in total. The highest BCUT2D eigenvalue weighted by molar-refractivity contribution is 14.1. The molecule has 0 aliphatic heterocycles. The van der Waals surface area contributed by atoms with Crippen LogP contribution in [0.5, 0.6) is 11.5 Å². The summed E-state index contributed by atoms with van der Waals surface area (Å²) in [6.45, 7) is 0.211. The number of hydrogen-bond acceptors (Lipinski definition) is 3. The van der Waals surface area contributed by atoms with Gasteiger partial charge in [-0.25, -0.2) is 4.39 Å². The fourth-order valence-electron chi connectivity index (χ4n) is 2.76. The standard InChI is InChI=1S/C23H16ClFINO2/c1-28-22-12-16(9-17(13-27)19-7-2-3-8-20(19)24)11-21(26)23(22)29-14-15-5-4-6-18(25)10-15/h2-12H,14H2,1H3. The van der Waals surface area contributed by atoms with Crippen LogP contribution in [0.3, 0.4) is 0 Å². The molecule has 0 heterocycles. The number of halogens is 3. The molecule has 0 saturated carbocycles. The SMILES string of the molecule is COc1cc(C=C(C#N)c2ccccc2Cl)cc(I)c1OCc1cccc(F)c1. The highest BCUT2D eigenvalue weighted by Gasteiger charge is 2.13. The lowest BCUT2D eigenvalue weighted by molar-refractivity contribution is 0.282. The maximum atomic E-state index is 13.4. The van der Waals surface area contributed by atoms with Crippen molar-refractivity contribution >= 4 is 45.8 Å². The van der Waals surface area contributed by atoms with Gasteiger partial charge in [0.2, 0.25) is 0 Å². The predicted octanol–water partition coefficient (Wildman–Crippen LogP) is 6.74. The van der Waals surface area contributed by atoms with Crippen LogP contribution in [0.4, 0.5) is 4.39 Å². The first kappa shape index (κ1) is 21.2. The lowest BCUT2D eigenvalue weighted by Crippen LogP contribution is -2.00. The molecule has 0 N–H and O–H groups in total. The van der Waals surface area contributed by atoms with Gasteiger partial charge in [0.05, 0.1) is 22.3 Å². The Kier molecular flexibility index (Phi) is 7.13. The van der Waals surface area contributed by atoms with Gasteiger partial charge in [-0.05, 0) is 70.1 Å². The monoisotopic (exact) mass is 519 g/mol. The van der Waals surface area contributed by atoms with Crippen molar-refractivity contribution in [1.82, 2.24) is 0 Å². The Morgan fingerprint density at radius 2 is 1.97 bits per heavy atom. The summed E-state index contributed by atoms with van der Waals surface area (Å²) in [5, 5.41) is 10.1. The van der Waals surface area contributed by atoms with Gasteiger partial charge in [0.1, 0.15) is 12.4 Å². The Hall–Kier alpha value is -2.56. The number of benzene rings is 3. The summed E-state index contributed by atoms with van der Waals surface area (Å²) in [5.41, 5.74) is 2.61. The lowest BCUT2D eigenvalue weighted by Gasteiger charge is -2.14. The van der Waals surface area contributed by atoms with E-state index in [-0.39, 0.29) is 12.4 Å². The summed E-state index contributed by atoms with van der Waals surface area (Å²) in [6, 6.07) is 19.3. The molecule has 0 aliphatic carbocycles. The van der Waals surface area contributed by atoms with Crippen molar-refractivity contribution < 1.29 is 13.9 Å². The molecule has 0 spiro atoms. The summed E-state index contributed by atoms with van der Waals surface area (Å²) in [6.07, 6.45) is 1.75. The zero-order valence-corrected chi connectivity index (χ0v) is 18.4. The third-order valence-corrected chi connectivity index (χ3v) is 5.25. The number of ether oxygens (including phenoxy) is 2. The maximum Gasteiger partial charge on any atom is 0.174 e. The van der Waals surface area contributed by atoms with Crippen molar-refractivity contribution in [3.63, 3.8) is 0 Å². The Balaban J connectivity index is 1.92. The summed E-state index contributed by atoms with van der Waals surface area (Å²) in [7, 11) is 1.55. The molecule has 0 saturated heterocycles. The fraction of sp³-hybridized carbons (Fsp3) is 0.0870. The van der Waals surface area contributed by atoms with E-state index >= 15 is 0 Å². The molecule has 0 aliphatic rings. The van der Waals surface area contributed by atoms with Crippen LogP contribution >= 0.6 is 34.2 Å². The molecule has 0 radical (unpaired) electrons. The molecular weight excluding hydrogens is 504 g/mol. The van der Waals surface area contributed by atoms with Crippen molar-refractivity contribution in [2.24, 2.45) is 0 Å². The van der Waals surface area contributed by atoms with Crippen LogP contribution in [0.1, 0.15) is 16.7 Å². The van der Waals surface area contributed by atoms with Crippen LogP contribution in [-0.2, 0) is 6.61 Å². The van der Waals surface area contributed by atoms with Gasteiger partial charge in [-0.1, -0.05) is 41.9 Å². The minimum absolute atomic E-state index is 0.211. The Bertz CT molecular complexity index is 1110. The van der Waals surface area contributed by atoms with Crippen LogP contribution in [-0.4, -0.2) is 7.11 Å². The zero-order valence-electron chi connectivity index (χ0n) is 15.5. The van der Waals surface area contributed by atoms with Gasteiger partial charge >= 0.3 is 0 Å². The predicted molar refractivity (Wildman–Crippen MR) is 121 cm³/mol. The summed E-state index contributed by atoms with van der Waals surface area (Å²) < 4.78 is 25.5. The van der Waals surface area contributed by atoms with Gasteiger partial charge in [0, 0.05) is 10.6 Å². The summed E-state index contributed by atoms with van der Waals surface area (Å²) in [4.78, 5) is 0. The van der Waals surface area contributed by atoms with Gasteiger partial charge in [-0.15, -0.1) is 0 Å². The molecule has 0 fully saturated rings. The first-order valence-electron chi connectivity index (χ1n) is 8.63. The first-order chi connectivity index (χ1) is 14.0. The minimum atomic E-state index is -0.308. The first-order valence-corrected chi connectivity index (χ1v) is 10.1. The van der Waals surface area contributed by atoms with E-state index in [1.807, 2.05) is 18.2 Å². The van der Waals surface area contributed by atoms with Gasteiger partial charge in [0.15, 0.2) is 11.5 Å². The van der Waals surface area contributed by atoms with Gasteiger partial charge in [0.25, 0.3) is 0 Å². The van der Waals surface area contributed by atoms with E-state index < -0.39 is 0 Å². The summed E-state index contributed by atoms with van der Waals surface area (Å²) >= 11 is 8.37. The average molecular weight is 520 g/mol. The summed E-state index contributed by atoms with van der Waals surface area (Å²) in [5.74, 6) is 0.776. The second-order valence-electron chi connectivity index (χ2n) is 6.10. The third kappa shape index (κ3) is 5.28. The van der Waals surface area contributed by atoms with E-state index in [2.05, 4.69) is 28.7 Å². The van der Waals surface area contributed by atoms with Gasteiger partial charge in [-0.2, -0.15) is 5.26 Å². The average Bonchev–Trinajstić information content (AvgIpc) is 2.71. The Morgan fingerprint density at radius 1 is 1.17 bits per heavy atom. The zero-order chi connectivity index (χ0) is 20.8. The largest absolute Gasteiger partial charge is 0.493 e. The third-order valence-electron chi connectivity index (χ3n) is 4.12. The molecule has 0 unspecified atom stereocenters. The molecule has 0 aromatic heterocycles. The number of methoxy groups -OCH3 is 1. The molecule has 0 amide bonds. The number of hydrogen-bond donors (Lipinski definition) is 0. The number of nitrogens with zero attached hydrogens (tertiary/aromatic N) is 1. The Morgan fingerprint density at radius 3 is 2.66 bits per heavy atom. The Labute approximate surface area is 187 Å². The van der Waals surface area contributed by atoms with Crippen molar-refractivity contribution in [3.05, 3.63) is 91.8 Å². The van der Waals surface area contributed by atoms with Crippen LogP contribution < -0.4 is 9.47 Å². The number of nitriles is 1. The molecule has 6 heteroatoms. The fourth-order valence-corrected chi connectivity index (χ4v) is 3.78. The van der Waals surface area contributed by atoms with E-state index in [0.717, 1.165) is 14.7 Å². The second kappa shape index (κ2) is 9.77. The minimum Gasteiger partial charge on any atom is -0.493 e. The van der Waals surface area contributed by atoms with Gasteiger partial charge < -0.3 is 9.47 Å². The molecule has 0 atom stereocenters. The van der Waals surface area contributed by atoms with E-state index in [1.165, 1.54) is 12.1 Å². The van der Waals surface area contributed by atoms with Crippen LogP contribution in [0.2, 0.25) is 5.02 Å². The second-order valence-corrected chi connectivity index (χ2v) is 7.67. The van der Waals surface area contributed by atoms with Crippen LogP contribution in [0.25, 0.3) is 11.6 Å². The van der Waals surface area contributed by atoms with Crippen molar-refractivity contribution in [1.29, 1.82) is 5.26 Å². The van der Waals surface area contributed by atoms with Crippen molar-refractivity contribution in [2.45, 2.75) is 6.61 Å². The van der Waals surface area contributed by atoms with Crippen LogP contribution in [0, 0.1) is 20.7 Å². The highest BCUT2D eigenvalue weighted by Crippen LogP contribution is 2.36. The molecule has 3 aromatic carbocycles. The molecule has 3 rings (SSSR count). The van der Waals surface area contributed by atoms with Crippen molar-refractivity contribution in [3.8, 4) is 17.6 Å². The van der Waals surface area contributed by atoms with E-state index in [1.54, 1.807) is 43.5 Å². The van der Waals surface area contributed by atoms with E-state index in [0.29, 0.717) is 27.7 Å². The number of allylic oxidation sites excluding steroid dienone is 1. The lowest BCUT2D eigenvalue weighted by atomic mass is 10.0. The van der Waals surface area contributed by atoms with E-state index in [4.69, 9.17) is 21.1 Å².